The maximum atomic E-state index is 10.8. The van der Waals surface area contributed by atoms with Crippen molar-refractivity contribution in [2.75, 3.05) is 0 Å². The van der Waals surface area contributed by atoms with E-state index in [1.54, 1.807) is 6.07 Å². The minimum atomic E-state index is -0.398. The fraction of sp³-hybridized carbons (Fsp3) is 0.538. The number of ether oxygens (including phenoxy) is 1. The van der Waals surface area contributed by atoms with E-state index in [4.69, 9.17) is 4.74 Å². The molecule has 100 valence electrons. The fourth-order valence-corrected chi connectivity index (χ4v) is 2.31. The Morgan fingerprint density at radius 2 is 2.06 bits per heavy atom. The van der Waals surface area contributed by atoms with Crippen LogP contribution in [0.15, 0.2) is 22.7 Å². The van der Waals surface area contributed by atoms with Crippen LogP contribution in [0.4, 0.5) is 5.69 Å². The van der Waals surface area contributed by atoms with Crippen molar-refractivity contribution in [1.29, 1.82) is 0 Å². The van der Waals surface area contributed by atoms with Gasteiger partial charge in [-0.15, -0.1) is 0 Å². The van der Waals surface area contributed by atoms with Crippen molar-refractivity contribution in [2.24, 2.45) is 5.92 Å². The molecule has 0 saturated heterocycles. The largest absolute Gasteiger partial charge is 0.374 e. The third-order valence-electron chi connectivity index (χ3n) is 2.58. The Hall–Kier alpha value is -0.940. The van der Waals surface area contributed by atoms with Gasteiger partial charge in [0.05, 0.1) is 17.6 Å². The van der Waals surface area contributed by atoms with E-state index in [0.717, 1.165) is 12.0 Å². The maximum absolute atomic E-state index is 10.8. The summed E-state index contributed by atoms with van der Waals surface area (Å²) in [4.78, 5) is 10.4. The van der Waals surface area contributed by atoms with Gasteiger partial charge in [-0.05, 0) is 40.8 Å². The monoisotopic (exact) mass is 315 g/mol. The minimum Gasteiger partial charge on any atom is -0.374 e. The highest BCUT2D eigenvalue weighted by Crippen LogP contribution is 2.29. The summed E-state index contributed by atoms with van der Waals surface area (Å²) in [5, 5.41) is 10.8. The standard InChI is InChI=1S/C13H18BrNO3/c1-9(2)7-10(3)18-8-11-5-4-6-12(13(11)14)15(16)17/h4-6,9-10H,7-8H2,1-3H3. The molecule has 0 aliphatic heterocycles. The molecule has 5 heteroatoms. The molecule has 1 rings (SSSR count). The highest BCUT2D eigenvalue weighted by Gasteiger charge is 2.15. The second-order valence-electron chi connectivity index (χ2n) is 4.76. The summed E-state index contributed by atoms with van der Waals surface area (Å²) in [6.45, 7) is 6.69. The lowest BCUT2D eigenvalue weighted by atomic mass is 10.1. The van der Waals surface area contributed by atoms with E-state index in [-0.39, 0.29) is 11.8 Å². The zero-order chi connectivity index (χ0) is 13.7. The van der Waals surface area contributed by atoms with Crippen LogP contribution >= 0.6 is 15.9 Å². The molecule has 1 aromatic rings. The summed E-state index contributed by atoms with van der Waals surface area (Å²) in [5.41, 5.74) is 0.882. The topological polar surface area (TPSA) is 52.4 Å². The first-order valence-electron chi connectivity index (χ1n) is 5.95. The molecule has 18 heavy (non-hydrogen) atoms. The number of rotatable bonds is 6. The quantitative estimate of drug-likeness (QED) is 0.580. The molecule has 1 aromatic carbocycles. The molecule has 0 aliphatic rings. The molecule has 0 aliphatic carbocycles. The van der Waals surface area contributed by atoms with Crippen LogP contribution in [0.1, 0.15) is 32.8 Å². The fourth-order valence-electron chi connectivity index (χ4n) is 1.78. The van der Waals surface area contributed by atoms with Gasteiger partial charge in [0.2, 0.25) is 0 Å². The van der Waals surface area contributed by atoms with Crippen LogP contribution in [-0.2, 0) is 11.3 Å². The highest BCUT2D eigenvalue weighted by atomic mass is 79.9. The van der Waals surface area contributed by atoms with Crippen molar-refractivity contribution in [2.45, 2.75) is 39.9 Å². The molecule has 0 saturated carbocycles. The highest BCUT2D eigenvalue weighted by molar-refractivity contribution is 9.10. The third kappa shape index (κ3) is 4.38. The van der Waals surface area contributed by atoms with Crippen molar-refractivity contribution >= 4 is 21.6 Å². The first-order valence-corrected chi connectivity index (χ1v) is 6.74. The van der Waals surface area contributed by atoms with Crippen molar-refractivity contribution in [3.05, 3.63) is 38.3 Å². The van der Waals surface area contributed by atoms with Gasteiger partial charge in [0.25, 0.3) is 5.69 Å². The van der Waals surface area contributed by atoms with Crippen LogP contribution < -0.4 is 0 Å². The van der Waals surface area contributed by atoms with Gasteiger partial charge in [-0.1, -0.05) is 26.0 Å². The molecule has 0 N–H and O–H groups in total. The molecule has 0 spiro atoms. The second kappa shape index (κ2) is 6.85. The number of halogens is 1. The number of benzene rings is 1. The van der Waals surface area contributed by atoms with E-state index >= 15 is 0 Å². The summed E-state index contributed by atoms with van der Waals surface area (Å²) in [6.07, 6.45) is 1.13. The lowest BCUT2D eigenvalue weighted by molar-refractivity contribution is -0.385. The number of nitro groups is 1. The van der Waals surface area contributed by atoms with Crippen molar-refractivity contribution < 1.29 is 9.66 Å². The molecule has 0 bridgehead atoms. The molecule has 1 atom stereocenters. The molecular weight excluding hydrogens is 298 g/mol. The molecule has 0 fully saturated rings. The van der Waals surface area contributed by atoms with E-state index in [9.17, 15) is 10.1 Å². The van der Waals surface area contributed by atoms with Crippen LogP contribution in [0.25, 0.3) is 0 Å². The van der Waals surface area contributed by atoms with Gasteiger partial charge in [-0.2, -0.15) is 0 Å². The zero-order valence-corrected chi connectivity index (χ0v) is 12.4. The Bertz CT molecular complexity index is 421. The van der Waals surface area contributed by atoms with Crippen molar-refractivity contribution in [3.8, 4) is 0 Å². The Morgan fingerprint density at radius 1 is 1.39 bits per heavy atom. The Morgan fingerprint density at radius 3 is 2.61 bits per heavy atom. The third-order valence-corrected chi connectivity index (χ3v) is 3.50. The average Bonchev–Trinajstić information content (AvgIpc) is 2.26. The Kier molecular flexibility index (Phi) is 5.75. The first kappa shape index (κ1) is 15.1. The van der Waals surface area contributed by atoms with Crippen LogP contribution in [0.2, 0.25) is 0 Å². The molecule has 0 radical (unpaired) electrons. The van der Waals surface area contributed by atoms with E-state index in [0.29, 0.717) is 17.0 Å². The molecule has 1 unspecified atom stereocenters. The molecule has 4 nitrogen and oxygen atoms in total. The van der Waals surface area contributed by atoms with Crippen molar-refractivity contribution in [1.82, 2.24) is 0 Å². The summed E-state index contributed by atoms with van der Waals surface area (Å²) < 4.78 is 6.21. The SMILES string of the molecule is CC(C)CC(C)OCc1cccc([N+](=O)[O-])c1Br. The van der Waals surface area contributed by atoms with Crippen LogP contribution in [-0.4, -0.2) is 11.0 Å². The Labute approximate surface area is 116 Å². The van der Waals surface area contributed by atoms with Gasteiger partial charge < -0.3 is 4.74 Å². The van der Waals surface area contributed by atoms with E-state index < -0.39 is 4.92 Å². The summed E-state index contributed by atoms with van der Waals surface area (Å²) >= 11 is 3.26. The van der Waals surface area contributed by atoms with Crippen LogP contribution in [0, 0.1) is 16.0 Å². The maximum Gasteiger partial charge on any atom is 0.283 e. The van der Waals surface area contributed by atoms with E-state index in [1.165, 1.54) is 6.07 Å². The van der Waals surface area contributed by atoms with Crippen molar-refractivity contribution in [3.63, 3.8) is 0 Å². The van der Waals surface area contributed by atoms with Crippen LogP contribution in [0.3, 0.4) is 0 Å². The first-order chi connectivity index (χ1) is 8.41. The van der Waals surface area contributed by atoms with Crippen LogP contribution in [0.5, 0.6) is 0 Å². The van der Waals surface area contributed by atoms with Gasteiger partial charge >= 0.3 is 0 Å². The Balaban J connectivity index is 2.68. The normalized spacial score (nSPS) is 12.7. The molecule has 0 amide bonds. The smallest absolute Gasteiger partial charge is 0.283 e. The van der Waals surface area contributed by atoms with Gasteiger partial charge in [0.15, 0.2) is 0 Å². The predicted molar refractivity (Wildman–Crippen MR) is 74.5 cm³/mol. The summed E-state index contributed by atoms with van der Waals surface area (Å²) in [7, 11) is 0. The van der Waals surface area contributed by atoms with E-state index in [2.05, 4.69) is 29.8 Å². The molecular formula is C13H18BrNO3. The minimum absolute atomic E-state index is 0.0765. The van der Waals surface area contributed by atoms with E-state index in [1.807, 2.05) is 13.0 Å². The van der Waals surface area contributed by atoms with Gasteiger partial charge in [-0.3, -0.25) is 10.1 Å². The average molecular weight is 316 g/mol. The second-order valence-corrected chi connectivity index (χ2v) is 5.55. The molecule has 0 aromatic heterocycles. The molecule has 0 heterocycles. The number of nitro benzene ring substituents is 1. The summed E-state index contributed by atoms with van der Waals surface area (Å²) in [6, 6.07) is 4.99. The lowest BCUT2D eigenvalue weighted by Crippen LogP contribution is -2.11. The predicted octanol–water partition coefficient (Wildman–Crippen LogP) is 4.31. The van der Waals surface area contributed by atoms with Gasteiger partial charge in [0.1, 0.15) is 4.47 Å². The van der Waals surface area contributed by atoms with Gasteiger partial charge in [0, 0.05) is 6.07 Å². The van der Waals surface area contributed by atoms with Gasteiger partial charge in [-0.25, -0.2) is 0 Å². The summed E-state index contributed by atoms with van der Waals surface area (Å²) in [5.74, 6) is 0.577. The lowest BCUT2D eigenvalue weighted by Gasteiger charge is -2.15. The zero-order valence-electron chi connectivity index (χ0n) is 10.9. The number of hydrogen-bond acceptors (Lipinski definition) is 3. The number of hydrogen-bond donors (Lipinski definition) is 0. The number of nitrogens with zero attached hydrogens (tertiary/aromatic N) is 1.